The Balaban J connectivity index is 1.57. The van der Waals surface area contributed by atoms with E-state index >= 15 is 0 Å². The first kappa shape index (κ1) is 14.8. The topological polar surface area (TPSA) is 44.8 Å². The van der Waals surface area contributed by atoms with Gasteiger partial charge in [0.25, 0.3) is 0 Å². The number of carbonyl (C=O) groups is 1. The van der Waals surface area contributed by atoms with Gasteiger partial charge in [-0.2, -0.15) is 0 Å². The number of ether oxygens (including phenoxy) is 1. The van der Waals surface area contributed by atoms with Crippen LogP contribution in [0.25, 0.3) is 0 Å². The first-order valence-electron chi connectivity index (χ1n) is 7.61. The van der Waals surface area contributed by atoms with Crippen molar-refractivity contribution in [3.8, 4) is 0 Å². The van der Waals surface area contributed by atoms with Gasteiger partial charge in [-0.15, -0.1) is 0 Å². The third-order valence-corrected chi connectivity index (χ3v) is 4.17. The number of morpholine rings is 1. The molecule has 0 aromatic rings. The number of amides is 1. The van der Waals surface area contributed by atoms with Crippen LogP contribution in [0, 0.1) is 0 Å². The summed E-state index contributed by atoms with van der Waals surface area (Å²) in [6.07, 6.45) is 3.03. The minimum Gasteiger partial charge on any atom is -0.378 e. The summed E-state index contributed by atoms with van der Waals surface area (Å²) in [4.78, 5) is 16.4. The lowest BCUT2D eigenvalue weighted by Crippen LogP contribution is -2.44. The molecule has 0 spiro atoms. The Morgan fingerprint density at radius 1 is 1.21 bits per heavy atom. The van der Waals surface area contributed by atoms with Gasteiger partial charge in [0.15, 0.2) is 0 Å². The van der Waals surface area contributed by atoms with Crippen molar-refractivity contribution in [3.05, 3.63) is 0 Å². The summed E-state index contributed by atoms with van der Waals surface area (Å²) in [5, 5.41) is 3.53. The predicted molar refractivity (Wildman–Crippen MR) is 75.2 cm³/mol. The number of piperidine rings is 1. The quantitative estimate of drug-likeness (QED) is 0.780. The average Bonchev–Trinajstić information content (AvgIpc) is 2.49. The molecule has 2 aliphatic heterocycles. The van der Waals surface area contributed by atoms with Crippen LogP contribution in [0.5, 0.6) is 0 Å². The maximum absolute atomic E-state index is 12.0. The van der Waals surface area contributed by atoms with E-state index < -0.39 is 0 Å². The van der Waals surface area contributed by atoms with E-state index in [9.17, 15) is 4.79 Å². The predicted octanol–water partition coefficient (Wildman–Crippen LogP) is 0.309. The second-order valence-electron chi connectivity index (χ2n) is 5.41. The Morgan fingerprint density at radius 2 is 1.89 bits per heavy atom. The highest BCUT2D eigenvalue weighted by Gasteiger charge is 2.19. The molecule has 1 amide bonds. The average molecular weight is 269 g/mol. The molecule has 110 valence electrons. The van der Waals surface area contributed by atoms with Gasteiger partial charge in [-0.25, -0.2) is 0 Å². The number of nitrogens with one attached hydrogen (secondary N) is 1. The van der Waals surface area contributed by atoms with Crippen molar-refractivity contribution in [1.82, 2.24) is 15.1 Å². The van der Waals surface area contributed by atoms with E-state index in [1.807, 2.05) is 4.90 Å². The zero-order valence-electron chi connectivity index (χ0n) is 12.1. The number of nitrogens with zero attached hydrogens (tertiary/aromatic N) is 2. The maximum atomic E-state index is 12.0. The summed E-state index contributed by atoms with van der Waals surface area (Å²) >= 11 is 0. The van der Waals surface area contributed by atoms with Gasteiger partial charge < -0.3 is 19.9 Å². The molecular weight excluding hydrogens is 242 g/mol. The third kappa shape index (κ3) is 4.75. The first-order valence-corrected chi connectivity index (χ1v) is 7.61. The van der Waals surface area contributed by atoms with Crippen molar-refractivity contribution >= 4 is 5.91 Å². The van der Waals surface area contributed by atoms with Gasteiger partial charge in [0.2, 0.25) is 5.91 Å². The second kappa shape index (κ2) is 7.82. The molecule has 1 N–H and O–H groups in total. The highest BCUT2D eigenvalue weighted by Crippen LogP contribution is 2.09. The van der Waals surface area contributed by atoms with E-state index in [0.717, 1.165) is 26.2 Å². The van der Waals surface area contributed by atoms with Crippen molar-refractivity contribution in [3.63, 3.8) is 0 Å². The summed E-state index contributed by atoms with van der Waals surface area (Å²) in [5.41, 5.74) is 0. The van der Waals surface area contributed by atoms with Gasteiger partial charge in [-0.3, -0.25) is 4.79 Å². The molecule has 19 heavy (non-hydrogen) atoms. The van der Waals surface area contributed by atoms with Crippen LogP contribution < -0.4 is 5.32 Å². The molecule has 5 nitrogen and oxygen atoms in total. The number of likely N-dealkylation sites (tertiary alicyclic amines) is 1. The molecule has 0 unspecified atom stereocenters. The lowest BCUT2D eigenvalue weighted by Gasteiger charge is -2.32. The summed E-state index contributed by atoms with van der Waals surface area (Å²) in [6.45, 7) is 9.45. The summed E-state index contributed by atoms with van der Waals surface area (Å²) in [5.74, 6) is 0.266. The van der Waals surface area contributed by atoms with Crippen LogP contribution in [0.4, 0.5) is 0 Å². The molecule has 5 heteroatoms. The first-order chi connectivity index (χ1) is 9.29. The lowest BCUT2D eigenvalue weighted by atomic mass is 10.1. The molecule has 0 atom stereocenters. The molecule has 2 fully saturated rings. The second-order valence-corrected chi connectivity index (χ2v) is 5.41. The van der Waals surface area contributed by atoms with Crippen molar-refractivity contribution in [2.45, 2.75) is 32.2 Å². The van der Waals surface area contributed by atoms with Crippen LogP contribution in [0.2, 0.25) is 0 Å². The van der Waals surface area contributed by atoms with E-state index in [4.69, 9.17) is 4.74 Å². The Labute approximate surface area is 116 Å². The van der Waals surface area contributed by atoms with Gasteiger partial charge in [-0.1, -0.05) is 6.92 Å². The molecule has 0 saturated carbocycles. The van der Waals surface area contributed by atoms with E-state index in [1.165, 1.54) is 25.9 Å². The zero-order chi connectivity index (χ0) is 13.5. The molecule has 0 aromatic carbocycles. The molecule has 2 aliphatic rings. The Kier molecular flexibility index (Phi) is 6.07. The van der Waals surface area contributed by atoms with Crippen LogP contribution in [-0.2, 0) is 9.53 Å². The van der Waals surface area contributed by atoms with Crippen molar-refractivity contribution in [2.24, 2.45) is 0 Å². The van der Waals surface area contributed by atoms with Crippen molar-refractivity contribution < 1.29 is 9.53 Å². The molecule has 0 bridgehead atoms. The van der Waals surface area contributed by atoms with Gasteiger partial charge in [-0.05, 0) is 32.5 Å². The minimum absolute atomic E-state index is 0.266. The zero-order valence-corrected chi connectivity index (χ0v) is 12.1. The highest BCUT2D eigenvalue weighted by atomic mass is 16.5. The lowest BCUT2D eigenvalue weighted by molar-refractivity contribution is -0.135. The largest absolute Gasteiger partial charge is 0.378 e. The smallest absolute Gasteiger partial charge is 0.224 e. The molecule has 2 rings (SSSR count). The minimum atomic E-state index is 0.266. The van der Waals surface area contributed by atoms with Crippen LogP contribution >= 0.6 is 0 Å². The van der Waals surface area contributed by atoms with E-state index in [1.54, 1.807) is 0 Å². The van der Waals surface area contributed by atoms with Crippen molar-refractivity contribution in [2.75, 3.05) is 52.5 Å². The fraction of sp³-hybridized carbons (Fsp3) is 0.929. The van der Waals surface area contributed by atoms with Gasteiger partial charge in [0.1, 0.15) is 0 Å². The van der Waals surface area contributed by atoms with E-state index in [0.29, 0.717) is 25.7 Å². The van der Waals surface area contributed by atoms with Crippen LogP contribution in [0.1, 0.15) is 26.2 Å². The maximum Gasteiger partial charge on any atom is 0.224 e. The Morgan fingerprint density at radius 3 is 2.53 bits per heavy atom. The van der Waals surface area contributed by atoms with Gasteiger partial charge >= 0.3 is 0 Å². The summed E-state index contributed by atoms with van der Waals surface area (Å²) in [7, 11) is 0. The van der Waals surface area contributed by atoms with Gasteiger partial charge in [0.05, 0.1) is 13.2 Å². The monoisotopic (exact) mass is 269 g/mol. The van der Waals surface area contributed by atoms with Crippen molar-refractivity contribution in [1.29, 1.82) is 0 Å². The standard InChI is InChI=1S/C14H27N3O2/c1-2-16-7-4-13(5-8-16)15-6-3-14(18)17-9-11-19-12-10-17/h13,15H,2-12H2,1H3. The van der Waals surface area contributed by atoms with Gasteiger partial charge in [0, 0.05) is 32.1 Å². The fourth-order valence-electron chi connectivity index (χ4n) is 2.81. The molecule has 0 radical (unpaired) electrons. The third-order valence-electron chi connectivity index (χ3n) is 4.17. The Hall–Kier alpha value is -0.650. The molecule has 0 aromatic heterocycles. The highest BCUT2D eigenvalue weighted by molar-refractivity contribution is 5.76. The summed E-state index contributed by atoms with van der Waals surface area (Å²) in [6, 6.07) is 0.597. The molecular formula is C14H27N3O2. The Bertz CT molecular complexity index is 272. The van der Waals surface area contributed by atoms with Crippen LogP contribution in [-0.4, -0.2) is 74.2 Å². The molecule has 0 aliphatic carbocycles. The number of rotatable bonds is 5. The summed E-state index contributed by atoms with van der Waals surface area (Å²) < 4.78 is 5.26. The van der Waals surface area contributed by atoms with E-state index in [-0.39, 0.29) is 5.91 Å². The normalized spacial score (nSPS) is 22.7. The molecule has 2 saturated heterocycles. The van der Waals surface area contributed by atoms with Crippen LogP contribution in [0.15, 0.2) is 0 Å². The fourth-order valence-corrected chi connectivity index (χ4v) is 2.81. The van der Waals surface area contributed by atoms with Crippen LogP contribution in [0.3, 0.4) is 0 Å². The van der Waals surface area contributed by atoms with E-state index in [2.05, 4.69) is 17.1 Å². The number of carbonyl (C=O) groups excluding carboxylic acids is 1. The number of hydrogen-bond acceptors (Lipinski definition) is 4. The SMILES string of the molecule is CCN1CCC(NCCC(=O)N2CCOCC2)CC1. The molecule has 2 heterocycles. The number of hydrogen-bond donors (Lipinski definition) is 1.